The summed E-state index contributed by atoms with van der Waals surface area (Å²) >= 11 is 6.05. The second-order valence-corrected chi connectivity index (χ2v) is 7.05. The van der Waals surface area contributed by atoms with Gasteiger partial charge in [-0.2, -0.15) is 0 Å². The number of H-pyrrole nitrogens is 1. The molecule has 0 saturated carbocycles. The molecule has 2 N–H and O–H groups in total. The van der Waals surface area contributed by atoms with E-state index in [-0.39, 0.29) is 25.5 Å². The molecule has 0 bridgehead atoms. The molecule has 1 aromatic carbocycles. The van der Waals surface area contributed by atoms with Crippen LogP contribution in [-0.2, 0) is 20.7 Å². The van der Waals surface area contributed by atoms with Gasteiger partial charge in [0.25, 0.3) is 0 Å². The van der Waals surface area contributed by atoms with E-state index in [4.69, 9.17) is 16.3 Å². The molecule has 1 aliphatic rings. The van der Waals surface area contributed by atoms with Crippen LogP contribution < -0.4 is 0 Å². The van der Waals surface area contributed by atoms with Gasteiger partial charge in [-0.3, -0.25) is 9.59 Å². The number of aliphatic carboxylic acids is 1. The number of carboxylic acids is 1. The monoisotopic (exact) mass is 364 g/mol. The largest absolute Gasteiger partial charge is 0.481 e. The zero-order valence-electron chi connectivity index (χ0n) is 14.0. The van der Waals surface area contributed by atoms with Gasteiger partial charge >= 0.3 is 5.97 Å². The van der Waals surface area contributed by atoms with Crippen LogP contribution in [0, 0.1) is 5.41 Å². The summed E-state index contributed by atoms with van der Waals surface area (Å²) in [4.78, 5) is 29.3. The molecule has 1 aromatic heterocycles. The molecule has 0 spiro atoms. The van der Waals surface area contributed by atoms with Gasteiger partial charge in [-0.05, 0) is 36.6 Å². The average molecular weight is 365 g/mol. The number of hydrogen-bond donors (Lipinski definition) is 2. The van der Waals surface area contributed by atoms with Gasteiger partial charge < -0.3 is 19.7 Å². The van der Waals surface area contributed by atoms with Gasteiger partial charge in [0.15, 0.2) is 0 Å². The number of carbonyl (C=O) groups excluding carboxylic acids is 1. The molecule has 6 nitrogen and oxygen atoms in total. The van der Waals surface area contributed by atoms with Crippen molar-refractivity contribution in [2.24, 2.45) is 5.41 Å². The van der Waals surface area contributed by atoms with E-state index in [2.05, 4.69) is 4.98 Å². The molecule has 1 saturated heterocycles. The molecule has 1 aliphatic heterocycles. The lowest BCUT2D eigenvalue weighted by atomic mass is 9.80. The zero-order chi connectivity index (χ0) is 18.0. The fourth-order valence-electron chi connectivity index (χ4n) is 3.55. The third-order valence-corrected chi connectivity index (χ3v) is 5.11. The molecule has 1 fully saturated rings. The van der Waals surface area contributed by atoms with Gasteiger partial charge in [0.2, 0.25) is 5.91 Å². The second kappa shape index (κ2) is 7.06. The van der Waals surface area contributed by atoms with Gasteiger partial charge in [0.05, 0.1) is 13.0 Å². The number of carboxylic acid groups (broad SMARTS) is 1. The number of nitrogens with one attached hydrogen (secondary N) is 1. The Morgan fingerprint density at radius 1 is 1.44 bits per heavy atom. The highest BCUT2D eigenvalue weighted by Crippen LogP contribution is 2.31. The van der Waals surface area contributed by atoms with Crippen molar-refractivity contribution in [3.8, 4) is 0 Å². The summed E-state index contributed by atoms with van der Waals surface area (Å²) < 4.78 is 5.11. The van der Waals surface area contributed by atoms with Crippen molar-refractivity contribution in [3.63, 3.8) is 0 Å². The number of hydrogen-bond acceptors (Lipinski definition) is 3. The number of fused-ring (bicyclic) bond motifs is 1. The fourth-order valence-corrected chi connectivity index (χ4v) is 3.72. The third-order valence-electron chi connectivity index (χ3n) is 4.88. The Bertz CT molecular complexity index is 799. The van der Waals surface area contributed by atoms with Crippen LogP contribution in [0.25, 0.3) is 10.9 Å². The zero-order valence-corrected chi connectivity index (χ0v) is 14.8. The van der Waals surface area contributed by atoms with E-state index in [1.54, 1.807) is 11.0 Å². The van der Waals surface area contributed by atoms with Gasteiger partial charge in [-0.25, -0.2) is 0 Å². The summed E-state index contributed by atoms with van der Waals surface area (Å²) in [5, 5.41) is 11.1. The SMILES string of the molecule is COCC1(C(=O)O)CCCN(C(=O)Cc2c[nH]c3ccc(Cl)cc23)C1. The summed E-state index contributed by atoms with van der Waals surface area (Å²) in [7, 11) is 1.49. The van der Waals surface area contributed by atoms with Gasteiger partial charge in [0.1, 0.15) is 5.41 Å². The van der Waals surface area contributed by atoms with Crippen LogP contribution in [0.2, 0.25) is 5.02 Å². The smallest absolute Gasteiger partial charge is 0.313 e. The number of aromatic nitrogens is 1. The fraction of sp³-hybridized carbons (Fsp3) is 0.444. The number of ether oxygens (including phenoxy) is 1. The van der Waals surface area contributed by atoms with E-state index in [0.717, 1.165) is 16.5 Å². The number of benzene rings is 1. The number of piperidine rings is 1. The van der Waals surface area contributed by atoms with Crippen LogP contribution in [0.1, 0.15) is 18.4 Å². The Labute approximate surface area is 150 Å². The van der Waals surface area contributed by atoms with Crippen LogP contribution >= 0.6 is 11.6 Å². The molecule has 2 heterocycles. The predicted molar refractivity (Wildman–Crippen MR) is 94.8 cm³/mol. The molecule has 3 rings (SSSR count). The van der Waals surface area contributed by atoms with Crippen molar-refractivity contribution in [2.75, 3.05) is 26.8 Å². The van der Waals surface area contributed by atoms with Gasteiger partial charge in [-0.1, -0.05) is 11.6 Å². The lowest BCUT2D eigenvalue weighted by molar-refractivity contribution is -0.159. The van der Waals surface area contributed by atoms with Crippen molar-refractivity contribution in [2.45, 2.75) is 19.3 Å². The van der Waals surface area contributed by atoms with Crippen molar-refractivity contribution in [3.05, 3.63) is 35.0 Å². The lowest BCUT2D eigenvalue weighted by Crippen LogP contribution is -2.52. The molecule has 7 heteroatoms. The Balaban J connectivity index is 1.78. The summed E-state index contributed by atoms with van der Waals surface area (Å²) in [6, 6.07) is 5.50. The van der Waals surface area contributed by atoms with Crippen LogP contribution in [0.3, 0.4) is 0 Å². The standard InChI is InChI=1S/C18H21ClN2O4/c1-25-11-18(17(23)24)5-2-6-21(10-18)16(22)7-12-9-20-15-4-3-13(19)8-14(12)15/h3-4,8-9,20H,2,5-7,10-11H2,1H3,(H,23,24). The topological polar surface area (TPSA) is 82.6 Å². The first kappa shape index (κ1) is 17.8. The maximum atomic E-state index is 12.8. The van der Waals surface area contributed by atoms with Crippen LogP contribution in [-0.4, -0.2) is 53.7 Å². The van der Waals surface area contributed by atoms with E-state index in [9.17, 15) is 14.7 Å². The number of aromatic amines is 1. The number of rotatable bonds is 5. The molecule has 134 valence electrons. The van der Waals surface area contributed by atoms with E-state index in [1.807, 2.05) is 18.3 Å². The first-order chi connectivity index (χ1) is 11.9. The number of carbonyl (C=O) groups is 2. The predicted octanol–water partition coefficient (Wildman–Crippen LogP) is 2.70. The molecule has 0 aliphatic carbocycles. The molecule has 1 amide bonds. The van der Waals surface area contributed by atoms with E-state index in [1.165, 1.54) is 7.11 Å². The maximum absolute atomic E-state index is 12.8. The molecule has 25 heavy (non-hydrogen) atoms. The van der Waals surface area contributed by atoms with Crippen molar-refractivity contribution in [1.29, 1.82) is 0 Å². The number of amides is 1. The maximum Gasteiger partial charge on any atom is 0.313 e. The molecule has 0 radical (unpaired) electrons. The van der Waals surface area contributed by atoms with Crippen molar-refractivity contribution in [1.82, 2.24) is 9.88 Å². The highest BCUT2D eigenvalue weighted by atomic mass is 35.5. The van der Waals surface area contributed by atoms with Crippen molar-refractivity contribution < 1.29 is 19.4 Å². The van der Waals surface area contributed by atoms with Crippen molar-refractivity contribution >= 4 is 34.4 Å². The minimum absolute atomic E-state index is 0.0812. The summed E-state index contributed by atoms with van der Waals surface area (Å²) in [6.07, 6.45) is 3.19. The van der Waals surface area contributed by atoms with Crippen LogP contribution in [0.5, 0.6) is 0 Å². The van der Waals surface area contributed by atoms with Crippen LogP contribution in [0.15, 0.2) is 24.4 Å². The van der Waals surface area contributed by atoms with Crippen LogP contribution in [0.4, 0.5) is 0 Å². The number of halogens is 1. The number of methoxy groups -OCH3 is 1. The molecule has 1 atom stereocenters. The molecular formula is C18H21ClN2O4. The van der Waals surface area contributed by atoms with Gasteiger partial charge in [0, 0.05) is 42.3 Å². The molecule has 2 aromatic rings. The first-order valence-electron chi connectivity index (χ1n) is 8.21. The lowest BCUT2D eigenvalue weighted by Gasteiger charge is -2.39. The number of nitrogens with zero attached hydrogens (tertiary/aromatic N) is 1. The minimum Gasteiger partial charge on any atom is -0.481 e. The Kier molecular flexibility index (Phi) is 5.01. The van der Waals surface area contributed by atoms with E-state index < -0.39 is 11.4 Å². The third kappa shape index (κ3) is 3.50. The molecular weight excluding hydrogens is 344 g/mol. The first-order valence-corrected chi connectivity index (χ1v) is 8.58. The second-order valence-electron chi connectivity index (χ2n) is 6.62. The Morgan fingerprint density at radius 3 is 2.96 bits per heavy atom. The quantitative estimate of drug-likeness (QED) is 0.854. The van der Waals surface area contributed by atoms with E-state index in [0.29, 0.717) is 24.4 Å². The van der Waals surface area contributed by atoms with E-state index >= 15 is 0 Å². The normalized spacial score (nSPS) is 20.8. The minimum atomic E-state index is -1.02. The summed E-state index contributed by atoms with van der Waals surface area (Å²) in [5.74, 6) is -0.993. The summed E-state index contributed by atoms with van der Waals surface area (Å²) in [6.45, 7) is 0.855. The highest BCUT2D eigenvalue weighted by Gasteiger charge is 2.43. The number of likely N-dealkylation sites (tertiary alicyclic amines) is 1. The Hall–Kier alpha value is -2.05. The van der Waals surface area contributed by atoms with Gasteiger partial charge in [-0.15, -0.1) is 0 Å². The summed E-state index contributed by atoms with van der Waals surface area (Å²) in [5.41, 5.74) is 0.762. The Morgan fingerprint density at radius 2 is 2.24 bits per heavy atom. The average Bonchev–Trinajstić information content (AvgIpc) is 2.97. The highest BCUT2D eigenvalue weighted by molar-refractivity contribution is 6.31. The molecule has 1 unspecified atom stereocenters.